The summed E-state index contributed by atoms with van der Waals surface area (Å²) in [6, 6.07) is 5.39. The summed E-state index contributed by atoms with van der Waals surface area (Å²) in [5.74, 6) is -0.452. The van der Waals surface area contributed by atoms with Crippen molar-refractivity contribution in [3.05, 3.63) is 46.2 Å². The standard InChI is InChI=1S/C18H25FN4O2S2/c1-3-14-13-23-17(26-14)9-10-21-18(20-4-2)22-11-12-27(24,25)16-8-6-5-7-15(16)19/h5-8,13H,3-4,9-12H2,1-2H3,(H2,20,21,22). The Labute approximate surface area is 163 Å². The number of hydrogen-bond acceptors (Lipinski definition) is 5. The van der Waals surface area contributed by atoms with Gasteiger partial charge in [-0.05, 0) is 25.5 Å². The zero-order chi connectivity index (χ0) is 19.7. The molecule has 2 aromatic rings. The molecule has 1 aromatic heterocycles. The molecule has 9 heteroatoms. The molecule has 0 spiro atoms. The van der Waals surface area contributed by atoms with Gasteiger partial charge in [0.05, 0.1) is 17.3 Å². The van der Waals surface area contributed by atoms with Gasteiger partial charge in [0.15, 0.2) is 15.8 Å². The van der Waals surface area contributed by atoms with Gasteiger partial charge in [-0.3, -0.25) is 4.99 Å². The lowest BCUT2D eigenvalue weighted by Gasteiger charge is -2.11. The molecule has 0 saturated heterocycles. The fourth-order valence-corrected chi connectivity index (χ4v) is 4.41. The van der Waals surface area contributed by atoms with Gasteiger partial charge < -0.3 is 10.6 Å². The minimum atomic E-state index is -3.71. The lowest BCUT2D eigenvalue weighted by atomic mass is 10.3. The maximum atomic E-state index is 13.7. The Kier molecular flexibility index (Phi) is 8.18. The Morgan fingerprint density at radius 3 is 2.70 bits per heavy atom. The average molecular weight is 413 g/mol. The molecule has 0 radical (unpaired) electrons. The lowest BCUT2D eigenvalue weighted by Crippen LogP contribution is -2.38. The van der Waals surface area contributed by atoms with Gasteiger partial charge in [-0.2, -0.15) is 0 Å². The molecule has 0 saturated carbocycles. The molecule has 27 heavy (non-hydrogen) atoms. The highest BCUT2D eigenvalue weighted by Gasteiger charge is 2.18. The summed E-state index contributed by atoms with van der Waals surface area (Å²) in [7, 11) is -3.71. The lowest BCUT2D eigenvalue weighted by molar-refractivity contribution is 0.567. The van der Waals surface area contributed by atoms with Crippen LogP contribution in [-0.4, -0.2) is 44.7 Å². The monoisotopic (exact) mass is 412 g/mol. The summed E-state index contributed by atoms with van der Waals surface area (Å²) in [6.07, 6.45) is 3.64. The van der Waals surface area contributed by atoms with E-state index in [-0.39, 0.29) is 17.2 Å². The smallest absolute Gasteiger partial charge is 0.191 e. The first-order valence-electron chi connectivity index (χ1n) is 8.89. The van der Waals surface area contributed by atoms with E-state index in [1.807, 2.05) is 13.1 Å². The SMILES string of the molecule is CCNC(=NCCS(=O)(=O)c1ccccc1F)NCCc1ncc(CC)s1. The van der Waals surface area contributed by atoms with E-state index in [0.29, 0.717) is 19.0 Å². The third-order valence-corrected chi connectivity index (χ3v) is 6.65. The number of aryl methyl sites for hydroxylation is 1. The Hall–Kier alpha value is -2.00. The highest BCUT2D eigenvalue weighted by atomic mass is 32.2. The number of nitrogens with zero attached hydrogens (tertiary/aromatic N) is 2. The van der Waals surface area contributed by atoms with Crippen molar-refractivity contribution in [3.8, 4) is 0 Å². The molecule has 2 rings (SSSR count). The van der Waals surface area contributed by atoms with E-state index >= 15 is 0 Å². The summed E-state index contributed by atoms with van der Waals surface area (Å²) in [4.78, 5) is 9.62. The second-order valence-electron chi connectivity index (χ2n) is 5.76. The molecular formula is C18H25FN4O2S2. The van der Waals surface area contributed by atoms with Crippen LogP contribution in [0.5, 0.6) is 0 Å². The molecule has 0 amide bonds. The third-order valence-electron chi connectivity index (χ3n) is 3.73. The van der Waals surface area contributed by atoms with Gasteiger partial charge in [0.1, 0.15) is 10.7 Å². The number of aliphatic imine (C=N–C) groups is 1. The van der Waals surface area contributed by atoms with Gasteiger partial charge in [0, 0.05) is 30.6 Å². The van der Waals surface area contributed by atoms with Crippen molar-refractivity contribution >= 4 is 27.1 Å². The van der Waals surface area contributed by atoms with Crippen LogP contribution in [0.3, 0.4) is 0 Å². The fraction of sp³-hybridized carbons (Fsp3) is 0.444. The molecule has 0 fully saturated rings. The number of rotatable bonds is 9. The molecule has 6 nitrogen and oxygen atoms in total. The van der Waals surface area contributed by atoms with Gasteiger partial charge in [0.25, 0.3) is 0 Å². The van der Waals surface area contributed by atoms with Crippen LogP contribution in [0.2, 0.25) is 0 Å². The Morgan fingerprint density at radius 1 is 1.26 bits per heavy atom. The van der Waals surface area contributed by atoms with Gasteiger partial charge in [-0.15, -0.1) is 11.3 Å². The first kappa shape index (κ1) is 21.3. The van der Waals surface area contributed by atoms with Gasteiger partial charge in [-0.25, -0.2) is 17.8 Å². The van der Waals surface area contributed by atoms with Crippen LogP contribution in [-0.2, 0) is 22.7 Å². The van der Waals surface area contributed by atoms with Crippen molar-refractivity contribution in [2.45, 2.75) is 31.6 Å². The minimum Gasteiger partial charge on any atom is -0.357 e. The quantitative estimate of drug-likeness (QED) is 0.488. The van der Waals surface area contributed by atoms with Gasteiger partial charge >= 0.3 is 0 Å². The minimum absolute atomic E-state index is 0.0449. The van der Waals surface area contributed by atoms with E-state index < -0.39 is 15.7 Å². The van der Waals surface area contributed by atoms with Crippen molar-refractivity contribution in [1.29, 1.82) is 0 Å². The zero-order valence-corrected chi connectivity index (χ0v) is 17.2. The maximum absolute atomic E-state index is 13.7. The van der Waals surface area contributed by atoms with Gasteiger partial charge in [0.2, 0.25) is 0 Å². The van der Waals surface area contributed by atoms with Crippen molar-refractivity contribution in [2.24, 2.45) is 4.99 Å². The fourth-order valence-electron chi connectivity index (χ4n) is 2.34. The molecule has 0 unspecified atom stereocenters. The zero-order valence-electron chi connectivity index (χ0n) is 15.5. The Morgan fingerprint density at radius 2 is 2.04 bits per heavy atom. The van der Waals surface area contributed by atoms with Crippen molar-refractivity contribution < 1.29 is 12.8 Å². The maximum Gasteiger partial charge on any atom is 0.191 e. The van der Waals surface area contributed by atoms with Crippen molar-refractivity contribution in [2.75, 3.05) is 25.4 Å². The number of hydrogen-bond donors (Lipinski definition) is 2. The molecule has 1 aromatic carbocycles. The van der Waals surface area contributed by atoms with E-state index in [2.05, 4.69) is 27.5 Å². The van der Waals surface area contributed by atoms with E-state index in [1.165, 1.54) is 23.1 Å². The van der Waals surface area contributed by atoms with Crippen LogP contribution in [0, 0.1) is 5.82 Å². The van der Waals surface area contributed by atoms with Crippen LogP contribution in [0.4, 0.5) is 4.39 Å². The van der Waals surface area contributed by atoms with E-state index in [4.69, 9.17) is 0 Å². The Bertz CT molecular complexity index is 866. The number of halogens is 1. The number of nitrogens with one attached hydrogen (secondary N) is 2. The second-order valence-corrected chi connectivity index (χ2v) is 9.04. The molecule has 0 bridgehead atoms. The van der Waals surface area contributed by atoms with Crippen LogP contribution >= 0.6 is 11.3 Å². The second kappa shape index (κ2) is 10.4. The molecule has 0 aliphatic carbocycles. The van der Waals surface area contributed by atoms with Crippen LogP contribution in [0.1, 0.15) is 23.7 Å². The molecular weight excluding hydrogens is 387 g/mol. The summed E-state index contributed by atoms with van der Waals surface area (Å²) >= 11 is 1.69. The molecule has 148 valence electrons. The highest BCUT2D eigenvalue weighted by molar-refractivity contribution is 7.91. The van der Waals surface area contributed by atoms with Crippen LogP contribution in [0.15, 0.2) is 40.4 Å². The first-order valence-corrected chi connectivity index (χ1v) is 11.4. The number of aromatic nitrogens is 1. The van der Waals surface area contributed by atoms with Crippen LogP contribution < -0.4 is 10.6 Å². The van der Waals surface area contributed by atoms with Crippen molar-refractivity contribution in [3.63, 3.8) is 0 Å². The molecule has 2 N–H and O–H groups in total. The first-order chi connectivity index (χ1) is 13.0. The average Bonchev–Trinajstić information content (AvgIpc) is 3.10. The largest absolute Gasteiger partial charge is 0.357 e. The summed E-state index contributed by atoms with van der Waals surface area (Å²) < 4.78 is 38.2. The number of thiazole rings is 1. The summed E-state index contributed by atoms with van der Waals surface area (Å²) in [6.45, 7) is 5.37. The molecule has 1 heterocycles. The van der Waals surface area contributed by atoms with E-state index in [0.717, 1.165) is 23.9 Å². The highest BCUT2D eigenvalue weighted by Crippen LogP contribution is 2.15. The number of guanidine groups is 1. The third kappa shape index (κ3) is 6.59. The predicted molar refractivity (Wildman–Crippen MR) is 108 cm³/mol. The summed E-state index contributed by atoms with van der Waals surface area (Å²) in [5, 5.41) is 7.30. The Balaban J connectivity index is 1.89. The predicted octanol–water partition coefficient (Wildman–Crippen LogP) is 2.42. The van der Waals surface area contributed by atoms with E-state index in [1.54, 1.807) is 11.3 Å². The normalized spacial score (nSPS) is 12.2. The number of benzene rings is 1. The molecule has 0 atom stereocenters. The molecule has 0 aliphatic heterocycles. The molecule has 0 aliphatic rings. The van der Waals surface area contributed by atoms with Gasteiger partial charge in [-0.1, -0.05) is 19.1 Å². The number of sulfone groups is 1. The summed E-state index contributed by atoms with van der Waals surface area (Å²) in [5.41, 5.74) is 0. The van der Waals surface area contributed by atoms with Crippen molar-refractivity contribution in [1.82, 2.24) is 15.6 Å². The van der Waals surface area contributed by atoms with Crippen LogP contribution in [0.25, 0.3) is 0 Å². The van der Waals surface area contributed by atoms with E-state index in [9.17, 15) is 12.8 Å². The topological polar surface area (TPSA) is 83.5 Å².